The topological polar surface area (TPSA) is 67.2 Å². The molecule has 0 bridgehead atoms. The lowest BCUT2D eigenvalue weighted by atomic mass is 9.83. The molecule has 2 atom stereocenters. The molecule has 0 saturated carbocycles. The molecule has 0 unspecified atom stereocenters. The summed E-state index contributed by atoms with van der Waals surface area (Å²) in [5.74, 6) is -0.241. The quantitative estimate of drug-likeness (QED) is 0.827. The number of hydrogen-bond acceptors (Lipinski definition) is 3. The van der Waals surface area contributed by atoms with Crippen molar-refractivity contribution in [2.24, 2.45) is 5.92 Å². The number of aromatic nitrogens is 2. The first-order valence-electron chi connectivity index (χ1n) is 9.32. The van der Waals surface area contributed by atoms with Gasteiger partial charge in [0.1, 0.15) is 0 Å². The van der Waals surface area contributed by atoms with Crippen LogP contribution in [0, 0.1) is 12.8 Å². The maximum Gasteiger partial charge on any atom is 0.225 e. The number of halogens is 1. The van der Waals surface area contributed by atoms with Gasteiger partial charge in [-0.05, 0) is 44.0 Å². The molecule has 3 rings (SSSR count). The Morgan fingerprint density at radius 3 is 2.85 bits per heavy atom. The lowest BCUT2D eigenvalue weighted by Crippen LogP contribution is -2.48. The van der Waals surface area contributed by atoms with E-state index < -0.39 is 0 Å². The summed E-state index contributed by atoms with van der Waals surface area (Å²) in [4.78, 5) is 27.1. The summed E-state index contributed by atoms with van der Waals surface area (Å²) in [6, 6.07) is 9.09. The molecule has 1 fully saturated rings. The van der Waals surface area contributed by atoms with E-state index in [1.165, 1.54) is 0 Å². The van der Waals surface area contributed by atoms with Crippen LogP contribution in [0.1, 0.15) is 37.1 Å². The third kappa shape index (κ3) is 4.33. The number of benzene rings is 1. The number of amides is 2. The van der Waals surface area contributed by atoms with Gasteiger partial charge in [-0.2, -0.15) is 5.10 Å². The van der Waals surface area contributed by atoms with Crippen molar-refractivity contribution in [2.75, 3.05) is 13.1 Å². The highest BCUT2D eigenvalue weighted by Gasteiger charge is 2.39. The van der Waals surface area contributed by atoms with Crippen LogP contribution in [0.15, 0.2) is 36.5 Å². The van der Waals surface area contributed by atoms with Crippen molar-refractivity contribution in [3.05, 3.63) is 52.8 Å². The monoisotopic (exact) mass is 388 g/mol. The minimum absolute atomic E-state index is 0.0317. The van der Waals surface area contributed by atoms with E-state index in [1.807, 2.05) is 42.8 Å². The van der Waals surface area contributed by atoms with Crippen LogP contribution in [0.5, 0.6) is 0 Å². The van der Waals surface area contributed by atoms with E-state index >= 15 is 0 Å². The molecule has 0 radical (unpaired) electrons. The van der Waals surface area contributed by atoms with Gasteiger partial charge in [0.05, 0.1) is 18.5 Å². The van der Waals surface area contributed by atoms with E-state index in [0.29, 0.717) is 37.5 Å². The fourth-order valence-electron chi connectivity index (χ4n) is 3.75. The van der Waals surface area contributed by atoms with E-state index in [2.05, 4.69) is 10.4 Å². The number of aryl methyl sites for hydroxylation is 1. The van der Waals surface area contributed by atoms with Crippen molar-refractivity contribution in [2.45, 2.75) is 39.3 Å². The molecule has 1 aliphatic heterocycles. The number of hydrogen-bond donors (Lipinski definition) is 1. The number of rotatable bonds is 6. The summed E-state index contributed by atoms with van der Waals surface area (Å²) in [5.41, 5.74) is 1.96. The predicted octanol–water partition coefficient (Wildman–Crippen LogP) is 2.96. The molecular formula is C20H25ClN4O2. The van der Waals surface area contributed by atoms with E-state index in [9.17, 15) is 9.59 Å². The standard InChI is InChI=1S/C20H25ClN4O2/c1-3-24-18(26)8-7-17(19(24)15-5-4-6-16(21)13-15)20(27)22-11-12-25-14(2)9-10-23-25/h4-6,9-10,13,17,19H,3,7-8,11-12H2,1-2H3,(H,22,27)/t17-,19+/m1/s1. The van der Waals surface area contributed by atoms with Crippen molar-refractivity contribution in [1.82, 2.24) is 20.0 Å². The van der Waals surface area contributed by atoms with Gasteiger partial charge in [0.2, 0.25) is 11.8 Å². The average Bonchev–Trinajstić information content (AvgIpc) is 3.06. The predicted molar refractivity (Wildman–Crippen MR) is 104 cm³/mol. The van der Waals surface area contributed by atoms with E-state index in [4.69, 9.17) is 11.6 Å². The van der Waals surface area contributed by atoms with Crippen LogP contribution in [-0.4, -0.2) is 39.6 Å². The molecular weight excluding hydrogens is 364 g/mol. The van der Waals surface area contributed by atoms with Crippen molar-refractivity contribution >= 4 is 23.4 Å². The summed E-state index contributed by atoms with van der Waals surface area (Å²) in [6.07, 6.45) is 2.68. The molecule has 6 nitrogen and oxygen atoms in total. The number of nitrogens with zero attached hydrogens (tertiary/aromatic N) is 3. The third-order valence-electron chi connectivity index (χ3n) is 5.13. The molecule has 0 aliphatic carbocycles. The molecule has 2 heterocycles. The molecule has 27 heavy (non-hydrogen) atoms. The van der Waals surface area contributed by atoms with E-state index in [1.54, 1.807) is 17.2 Å². The molecule has 1 aliphatic rings. The summed E-state index contributed by atoms with van der Waals surface area (Å²) in [5, 5.41) is 7.86. The van der Waals surface area contributed by atoms with Crippen molar-refractivity contribution in [3.8, 4) is 0 Å². The van der Waals surface area contributed by atoms with Gasteiger partial charge in [-0.25, -0.2) is 0 Å². The zero-order valence-electron chi connectivity index (χ0n) is 15.7. The Bertz CT molecular complexity index is 820. The molecule has 1 saturated heterocycles. The number of carbonyl (C=O) groups is 2. The largest absolute Gasteiger partial charge is 0.354 e. The van der Waals surface area contributed by atoms with Gasteiger partial charge in [0, 0.05) is 36.4 Å². The summed E-state index contributed by atoms with van der Waals surface area (Å²) in [6.45, 7) is 5.61. The number of nitrogens with one attached hydrogen (secondary N) is 1. The first-order chi connectivity index (χ1) is 13.0. The Labute approximate surface area is 164 Å². The lowest BCUT2D eigenvalue weighted by molar-refractivity contribution is -0.143. The van der Waals surface area contributed by atoms with Gasteiger partial charge >= 0.3 is 0 Å². The van der Waals surface area contributed by atoms with Gasteiger partial charge in [0.25, 0.3) is 0 Å². The third-order valence-corrected chi connectivity index (χ3v) is 5.36. The molecule has 1 aromatic carbocycles. The Balaban J connectivity index is 1.75. The highest BCUT2D eigenvalue weighted by molar-refractivity contribution is 6.30. The van der Waals surface area contributed by atoms with Crippen LogP contribution in [0.3, 0.4) is 0 Å². The Kier molecular flexibility index (Phi) is 6.16. The van der Waals surface area contributed by atoms with Gasteiger partial charge in [-0.15, -0.1) is 0 Å². The van der Waals surface area contributed by atoms with Crippen molar-refractivity contribution < 1.29 is 9.59 Å². The van der Waals surface area contributed by atoms with Crippen LogP contribution in [0.25, 0.3) is 0 Å². The Morgan fingerprint density at radius 1 is 1.37 bits per heavy atom. The first kappa shape index (κ1) is 19.4. The molecule has 2 amide bonds. The highest BCUT2D eigenvalue weighted by Crippen LogP contribution is 2.37. The maximum atomic E-state index is 12.9. The zero-order chi connectivity index (χ0) is 19.4. The highest BCUT2D eigenvalue weighted by atomic mass is 35.5. The Hall–Kier alpha value is -2.34. The normalized spacial score (nSPS) is 20.0. The zero-order valence-corrected chi connectivity index (χ0v) is 16.4. The van der Waals surface area contributed by atoms with Crippen LogP contribution in [0.4, 0.5) is 0 Å². The smallest absolute Gasteiger partial charge is 0.225 e. The molecule has 1 N–H and O–H groups in total. The molecule has 0 spiro atoms. The second-order valence-electron chi connectivity index (χ2n) is 6.81. The second-order valence-corrected chi connectivity index (χ2v) is 7.25. The van der Waals surface area contributed by atoms with Crippen LogP contribution >= 0.6 is 11.6 Å². The summed E-state index contributed by atoms with van der Waals surface area (Å²) in [7, 11) is 0. The van der Waals surface area contributed by atoms with Gasteiger partial charge in [-0.3, -0.25) is 14.3 Å². The number of piperidine rings is 1. The van der Waals surface area contributed by atoms with Crippen LogP contribution in [0.2, 0.25) is 5.02 Å². The van der Waals surface area contributed by atoms with E-state index in [-0.39, 0.29) is 23.8 Å². The van der Waals surface area contributed by atoms with Crippen molar-refractivity contribution in [3.63, 3.8) is 0 Å². The summed E-state index contributed by atoms with van der Waals surface area (Å²) >= 11 is 6.16. The fraction of sp³-hybridized carbons (Fsp3) is 0.450. The average molecular weight is 389 g/mol. The SMILES string of the molecule is CCN1C(=O)CC[C@@H](C(=O)NCCn2nccc2C)[C@@H]1c1cccc(Cl)c1. The molecule has 144 valence electrons. The minimum atomic E-state index is -0.292. The minimum Gasteiger partial charge on any atom is -0.354 e. The van der Waals surface area contributed by atoms with Gasteiger partial charge in [-0.1, -0.05) is 23.7 Å². The fourth-order valence-corrected chi connectivity index (χ4v) is 3.95. The lowest BCUT2D eigenvalue weighted by Gasteiger charge is -2.40. The number of carbonyl (C=O) groups excluding carboxylic acids is 2. The number of likely N-dealkylation sites (tertiary alicyclic amines) is 1. The molecule has 7 heteroatoms. The maximum absolute atomic E-state index is 12.9. The Morgan fingerprint density at radius 2 is 2.19 bits per heavy atom. The van der Waals surface area contributed by atoms with Gasteiger partial charge < -0.3 is 10.2 Å². The first-order valence-corrected chi connectivity index (χ1v) is 9.70. The van der Waals surface area contributed by atoms with Gasteiger partial charge in [0.15, 0.2) is 0 Å². The molecule has 2 aromatic rings. The molecule has 1 aromatic heterocycles. The second kappa shape index (κ2) is 8.57. The van der Waals surface area contributed by atoms with Crippen molar-refractivity contribution in [1.29, 1.82) is 0 Å². The van der Waals surface area contributed by atoms with Crippen LogP contribution in [-0.2, 0) is 16.1 Å². The van der Waals surface area contributed by atoms with Crippen LogP contribution < -0.4 is 5.32 Å². The summed E-state index contributed by atoms with van der Waals surface area (Å²) < 4.78 is 1.86. The van der Waals surface area contributed by atoms with E-state index in [0.717, 1.165) is 11.3 Å².